The van der Waals surface area contributed by atoms with Crippen molar-refractivity contribution in [1.29, 1.82) is 0 Å². The van der Waals surface area contributed by atoms with E-state index in [9.17, 15) is 22.8 Å². The summed E-state index contributed by atoms with van der Waals surface area (Å²) in [6.45, 7) is 0. The van der Waals surface area contributed by atoms with Crippen molar-refractivity contribution in [2.24, 2.45) is 0 Å². The van der Waals surface area contributed by atoms with Crippen molar-refractivity contribution < 1.29 is 27.5 Å². The number of alkyl halides is 3. The summed E-state index contributed by atoms with van der Waals surface area (Å²) in [6.07, 6.45) is -6.31. The Labute approximate surface area is 81.2 Å². The molecule has 8 heteroatoms. The molecule has 1 amide bonds. The van der Waals surface area contributed by atoms with Gasteiger partial charge in [0.1, 0.15) is 6.04 Å². The molecule has 0 saturated carbocycles. The molecule has 4 nitrogen and oxygen atoms in total. The van der Waals surface area contributed by atoms with Gasteiger partial charge in [0.05, 0.1) is 0 Å². The van der Waals surface area contributed by atoms with Crippen molar-refractivity contribution in [3.05, 3.63) is 0 Å². The van der Waals surface area contributed by atoms with Gasteiger partial charge in [-0.2, -0.15) is 4.39 Å². The minimum Gasteiger partial charge on any atom is -0.423 e. The lowest BCUT2D eigenvalue weighted by Crippen LogP contribution is -2.38. The predicted molar refractivity (Wildman–Crippen MR) is 41.8 cm³/mol. The number of hydrogen-bond acceptors (Lipinski definition) is 4. The molecule has 0 bridgehead atoms. The molecule has 1 aliphatic heterocycles. The van der Waals surface area contributed by atoms with Crippen LogP contribution >= 0.6 is 11.8 Å². The first-order valence-corrected chi connectivity index (χ1v) is 4.55. The van der Waals surface area contributed by atoms with Crippen molar-refractivity contribution in [2.75, 3.05) is 5.75 Å². The molecule has 1 aliphatic rings. The van der Waals surface area contributed by atoms with Gasteiger partial charge in [0.25, 0.3) is 5.24 Å². The fourth-order valence-electron chi connectivity index (χ4n) is 0.756. The fourth-order valence-corrected chi connectivity index (χ4v) is 1.52. The van der Waals surface area contributed by atoms with Gasteiger partial charge in [0, 0.05) is 5.75 Å². The molecule has 0 aromatic heterocycles. The monoisotopic (exact) mass is 229 g/mol. The van der Waals surface area contributed by atoms with Crippen LogP contribution in [0.1, 0.15) is 0 Å². The Bertz CT molecular complexity index is 250. The van der Waals surface area contributed by atoms with Crippen molar-refractivity contribution in [2.45, 2.75) is 18.8 Å². The lowest BCUT2D eigenvalue weighted by Gasteiger charge is -2.11. The van der Waals surface area contributed by atoms with E-state index in [1.165, 1.54) is 0 Å². The van der Waals surface area contributed by atoms with Gasteiger partial charge in [-0.3, -0.25) is 4.79 Å². The van der Waals surface area contributed by atoms with Crippen molar-refractivity contribution >= 4 is 23.0 Å². The zero-order valence-corrected chi connectivity index (χ0v) is 7.52. The van der Waals surface area contributed by atoms with Crippen molar-refractivity contribution in [1.82, 2.24) is 5.32 Å². The number of rotatable bonds is 3. The summed E-state index contributed by atoms with van der Waals surface area (Å²) in [5.41, 5.74) is 0. The minimum absolute atomic E-state index is 0.0631. The third-order valence-electron chi connectivity index (χ3n) is 1.38. The molecule has 1 rings (SSSR count). The third-order valence-corrected chi connectivity index (χ3v) is 2.26. The molecule has 0 aliphatic carbocycles. The molecular formula is C6H6F3NO3S. The predicted octanol–water partition coefficient (Wildman–Crippen LogP) is 0.915. The van der Waals surface area contributed by atoms with Crippen LogP contribution in [-0.4, -0.2) is 35.8 Å². The molecule has 1 saturated heterocycles. The van der Waals surface area contributed by atoms with Crippen molar-refractivity contribution in [3.8, 4) is 0 Å². The van der Waals surface area contributed by atoms with Gasteiger partial charge in [0.15, 0.2) is 0 Å². The molecule has 0 aromatic carbocycles. The average molecular weight is 229 g/mol. The zero-order chi connectivity index (χ0) is 10.7. The second kappa shape index (κ2) is 4.54. The number of ether oxygens (including phenoxy) is 1. The Morgan fingerprint density at radius 1 is 1.57 bits per heavy atom. The quantitative estimate of drug-likeness (QED) is 0.731. The lowest BCUT2D eigenvalue weighted by molar-refractivity contribution is -0.175. The summed E-state index contributed by atoms with van der Waals surface area (Å²) in [5.74, 6) is -1.12. The zero-order valence-electron chi connectivity index (χ0n) is 6.71. The van der Waals surface area contributed by atoms with E-state index in [1.54, 1.807) is 0 Å². The van der Waals surface area contributed by atoms with Crippen LogP contribution in [0.15, 0.2) is 0 Å². The number of carbonyl (C=O) groups is 2. The normalized spacial score (nSPS) is 23.4. The largest absolute Gasteiger partial charge is 0.423 e. The second-order valence-electron chi connectivity index (χ2n) is 2.42. The van der Waals surface area contributed by atoms with Gasteiger partial charge in [-0.05, 0) is 0 Å². The fraction of sp³-hybridized carbons (Fsp3) is 0.667. The Morgan fingerprint density at radius 3 is 2.64 bits per heavy atom. The summed E-state index contributed by atoms with van der Waals surface area (Å²) in [6, 6.07) is -1.04. The van der Waals surface area contributed by atoms with Crippen molar-refractivity contribution in [3.63, 3.8) is 0 Å². The number of thioether (sulfide) groups is 1. The molecule has 0 aromatic rings. The van der Waals surface area contributed by atoms with Gasteiger partial charge in [-0.15, -0.1) is 0 Å². The van der Waals surface area contributed by atoms with Crippen LogP contribution < -0.4 is 5.32 Å². The first kappa shape index (κ1) is 11.2. The highest BCUT2D eigenvalue weighted by atomic mass is 32.2. The number of halogens is 3. The van der Waals surface area contributed by atoms with E-state index in [-0.39, 0.29) is 5.75 Å². The van der Waals surface area contributed by atoms with Gasteiger partial charge in [-0.25, -0.2) is 13.6 Å². The molecule has 14 heavy (non-hydrogen) atoms. The van der Waals surface area contributed by atoms with E-state index in [0.717, 1.165) is 11.8 Å². The summed E-state index contributed by atoms with van der Waals surface area (Å²) in [5, 5.41) is 1.68. The minimum atomic E-state index is -3.37. The Kier molecular flexibility index (Phi) is 3.62. The Balaban J connectivity index is 2.39. The SMILES string of the molecule is O=C1NC(C(=O)OC(F)C(F)F)CS1. The number of hydrogen-bond donors (Lipinski definition) is 1. The maximum atomic E-state index is 12.2. The molecule has 1 heterocycles. The smallest absolute Gasteiger partial charge is 0.332 e. The first-order valence-electron chi connectivity index (χ1n) is 3.56. The van der Waals surface area contributed by atoms with E-state index in [1.807, 2.05) is 0 Å². The molecule has 2 unspecified atom stereocenters. The number of esters is 1. The topological polar surface area (TPSA) is 55.4 Å². The number of nitrogens with one attached hydrogen (secondary N) is 1. The van der Waals surface area contributed by atoms with E-state index < -0.39 is 30.0 Å². The van der Waals surface area contributed by atoms with Crippen LogP contribution in [0.5, 0.6) is 0 Å². The molecule has 0 spiro atoms. The Hall–Kier alpha value is -0.920. The molecule has 80 valence electrons. The maximum absolute atomic E-state index is 12.2. The molecule has 1 N–H and O–H groups in total. The summed E-state index contributed by atoms with van der Waals surface area (Å²) >= 11 is 0.808. The maximum Gasteiger partial charge on any atom is 0.332 e. The van der Waals surface area contributed by atoms with E-state index >= 15 is 0 Å². The van der Waals surface area contributed by atoms with Crippen LogP contribution in [0.2, 0.25) is 0 Å². The number of amides is 1. The average Bonchev–Trinajstić information content (AvgIpc) is 2.51. The Morgan fingerprint density at radius 2 is 2.21 bits per heavy atom. The molecule has 2 atom stereocenters. The highest BCUT2D eigenvalue weighted by Gasteiger charge is 2.33. The summed E-state index contributed by atoms with van der Waals surface area (Å²) < 4.78 is 39.2. The van der Waals surface area contributed by atoms with Crippen LogP contribution in [0.3, 0.4) is 0 Å². The van der Waals surface area contributed by atoms with E-state index in [0.29, 0.717) is 0 Å². The molecular weight excluding hydrogens is 223 g/mol. The van der Waals surface area contributed by atoms with Gasteiger partial charge in [0.2, 0.25) is 0 Å². The third kappa shape index (κ3) is 2.79. The highest BCUT2D eigenvalue weighted by molar-refractivity contribution is 8.14. The van der Waals surface area contributed by atoms with E-state index in [4.69, 9.17) is 0 Å². The van der Waals surface area contributed by atoms with Gasteiger partial charge >= 0.3 is 18.8 Å². The summed E-state index contributed by atoms with van der Waals surface area (Å²) in [4.78, 5) is 21.5. The van der Waals surface area contributed by atoms with Crippen LogP contribution in [0.4, 0.5) is 18.0 Å². The van der Waals surface area contributed by atoms with Gasteiger partial charge in [-0.1, -0.05) is 11.8 Å². The second-order valence-corrected chi connectivity index (χ2v) is 3.41. The number of carbonyl (C=O) groups excluding carboxylic acids is 2. The first-order chi connectivity index (χ1) is 6.50. The molecule has 1 fully saturated rings. The highest BCUT2D eigenvalue weighted by Crippen LogP contribution is 2.16. The van der Waals surface area contributed by atoms with Crippen LogP contribution in [-0.2, 0) is 9.53 Å². The van der Waals surface area contributed by atoms with Crippen LogP contribution in [0, 0.1) is 0 Å². The lowest BCUT2D eigenvalue weighted by atomic mass is 10.3. The summed E-state index contributed by atoms with van der Waals surface area (Å²) in [7, 11) is 0. The molecule has 0 radical (unpaired) electrons. The van der Waals surface area contributed by atoms with Crippen LogP contribution in [0.25, 0.3) is 0 Å². The van der Waals surface area contributed by atoms with Gasteiger partial charge < -0.3 is 10.1 Å². The standard InChI is InChI=1S/C6H6F3NO3S/c7-3(8)4(9)13-5(11)2-1-14-6(12)10-2/h2-4H,1H2,(H,10,12). The van der Waals surface area contributed by atoms with E-state index in [2.05, 4.69) is 10.1 Å².